The average Bonchev–Trinajstić information content (AvgIpc) is 2.66. The number of aryl methyl sites for hydroxylation is 1. The van der Waals surface area contributed by atoms with Crippen LogP contribution in [0, 0.1) is 0 Å². The van der Waals surface area contributed by atoms with E-state index in [2.05, 4.69) is 90.2 Å². The summed E-state index contributed by atoms with van der Waals surface area (Å²) in [5.74, 6) is 1.22. The van der Waals surface area contributed by atoms with Gasteiger partial charge in [-0.1, -0.05) is 84.9 Å². The van der Waals surface area contributed by atoms with Crippen molar-refractivity contribution in [2.24, 2.45) is 4.99 Å². The minimum absolute atomic E-state index is 0.400. The van der Waals surface area contributed by atoms with Crippen molar-refractivity contribution in [1.82, 2.24) is 0 Å². The Kier molecular flexibility index (Phi) is 7.68. The molecular weight excluding hydrogens is 344 g/mol. The third-order valence-electron chi connectivity index (χ3n) is 5.17. The number of methoxy groups -OCH3 is 1. The first-order valence-electron chi connectivity index (χ1n) is 10.4. The third kappa shape index (κ3) is 4.95. The van der Waals surface area contributed by atoms with Crippen LogP contribution in [0.1, 0.15) is 88.5 Å². The van der Waals surface area contributed by atoms with Gasteiger partial charge in [-0.3, -0.25) is 0 Å². The van der Waals surface area contributed by atoms with Gasteiger partial charge in [0.25, 0.3) is 6.02 Å². The fourth-order valence-electron chi connectivity index (χ4n) is 3.53. The van der Waals surface area contributed by atoms with E-state index < -0.39 is 0 Å². The van der Waals surface area contributed by atoms with Crippen LogP contribution in [0.25, 0.3) is 0 Å². The molecule has 0 amide bonds. The summed E-state index contributed by atoms with van der Waals surface area (Å²) in [7, 11) is 1.68. The van der Waals surface area contributed by atoms with Crippen molar-refractivity contribution < 1.29 is 4.74 Å². The lowest BCUT2D eigenvalue weighted by Gasteiger charge is -2.21. The van der Waals surface area contributed by atoms with Crippen molar-refractivity contribution in [3.8, 4) is 0 Å². The highest BCUT2D eigenvalue weighted by Gasteiger charge is 2.17. The number of anilines is 1. The maximum atomic E-state index is 5.70. The molecule has 0 bridgehead atoms. The molecule has 0 radical (unpaired) electrons. The van der Waals surface area contributed by atoms with Gasteiger partial charge in [0.15, 0.2) is 0 Å². The molecule has 0 aliphatic heterocycles. The maximum absolute atomic E-state index is 5.70. The van der Waals surface area contributed by atoms with E-state index in [-0.39, 0.29) is 0 Å². The molecule has 0 saturated heterocycles. The summed E-state index contributed by atoms with van der Waals surface area (Å²) in [6, 6.07) is 13.5. The molecule has 3 nitrogen and oxygen atoms in total. The molecule has 0 atom stereocenters. The number of benzene rings is 2. The summed E-state index contributed by atoms with van der Waals surface area (Å²) >= 11 is 0. The zero-order chi connectivity index (χ0) is 20.8. The Labute approximate surface area is 171 Å². The van der Waals surface area contributed by atoms with E-state index in [0.717, 1.165) is 17.8 Å². The van der Waals surface area contributed by atoms with Crippen LogP contribution in [0.5, 0.6) is 0 Å². The number of hydrogen-bond donors (Lipinski definition) is 1. The summed E-state index contributed by atoms with van der Waals surface area (Å²) in [5, 5.41) is 3.52. The quantitative estimate of drug-likeness (QED) is 0.419. The molecule has 2 rings (SSSR count). The highest BCUT2D eigenvalue weighted by Crippen LogP contribution is 2.34. The molecule has 0 saturated carbocycles. The summed E-state index contributed by atoms with van der Waals surface area (Å²) in [6.07, 6.45) is 0.941. The fourth-order valence-corrected chi connectivity index (χ4v) is 3.53. The molecule has 152 valence electrons. The predicted octanol–water partition coefficient (Wildman–Crippen LogP) is 7.37. The number of amidine groups is 1. The molecule has 0 aromatic heterocycles. The van der Waals surface area contributed by atoms with Crippen molar-refractivity contribution >= 4 is 17.4 Å². The van der Waals surface area contributed by atoms with Gasteiger partial charge in [0.2, 0.25) is 0 Å². The van der Waals surface area contributed by atoms with E-state index in [1.807, 2.05) is 0 Å². The Morgan fingerprint density at radius 1 is 0.857 bits per heavy atom. The van der Waals surface area contributed by atoms with E-state index in [4.69, 9.17) is 9.73 Å². The predicted molar refractivity (Wildman–Crippen MR) is 122 cm³/mol. The van der Waals surface area contributed by atoms with Crippen LogP contribution in [0.4, 0.5) is 11.4 Å². The smallest absolute Gasteiger partial charge is 0.294 e. The summed E-state index contributed by atoms with van der Waals surface area (Å²) in [5.41, 5.74) is 7.19. The monoisotopic (exact) mass is 380 g/mol. The molecule has 0 fully saturated rings. The van der Waals surface area contributed by atoms with Crippen molar-refractivity contribution in [3.05, 3.63) is 58.7 Å². The van der Waals surface area contributed by atoms with Gasteiger partial charge in [0.05, 0.1) is 12.8 Å². The minimum Gasteiger partial charge on any atom is -0.468 e. The topological polar surface area (TPSA) is 33.6 Å². The number of rotatable bonds is 6. The fraction of sp³-hybridized carbons (Fsp3) is 0.480. The lowest BCUT2D eigenvalue weighted by Crippen LogP contribution is -2.17. The second-order valence-corrected chi connectivity index (χ2v) is 8.23. The normalized spacial score (nSPS) is 12.2. The molecule has 0 aliphatic carbocycles. The van der Waals surface area contributed by atoms with Crippen molar-refractivity contribution in [1.29, 1.82) is 0 Å². The largest absolute Gasteiger partial charge is 0.468 e. The molecule has 0 aliphatic rings. The lowest BCUT2D eigenvalue weighted by atomic mass is 9.93. The summed E-state index contributed by atoms with van der Waals surface area (Å²) in [4.78, 5) is 4.95. The van der Waals surface area contributed by atoms with E-state index in [0.29, 0.717) is 23.8 Å². The lowest BCUT2D eigenvalue weighted by molar-refractivity contribution is 0.402. The Morgan fingerprint density at radius 2 is 1.36 bits per heavy atom. The van der Waals surface area contributed by atoms with E-state index in [1.54, 1.807) is 7.11 Å². The van der Waals surface area contributed by atoms with Gasteiger partial charge in [0, 0.05) is 5.69 Å². The maximum Gasteiger partial charge on any atom is 0.294 e. The van der Waals surface area contributed by atoms with Gasteiger partial charge in [0.1, 0.15) is 0 Å². The van der Waals surface area contributed by atoms with E-state index in [1.165, 1.54) is 22.3 Å². The number of ether oxygens (including phenoxy) is 1. The number of nitrogens with zero attached hydrogens (tertiary/aromatic N) is 1. The van der Waals surface area contributed by atoms with Gasteiger partial charge < -0.3 is 10.1 Å². The van der Waals surface area contributed by atoms with Crippen LogP contribution in [-0.4, -0.2) is 13.1 Å². The van der Waals surface area contributed by atoms with Crippen LogP contribution in [0.15, 0.2) is 41.4 Å². The number of aliphatic imine (C=N–C) groups is 1. The highest BCUT2D eigenvalue weighted by atomic mass is 16.5. The average molecular weight is 381 g/mol. The van der Waals surface area contributed by atoms with E-state index >= 15 is 0 Å². The van der Waals surface area contributed by atoms with Crippen LogP contribution in [0.2, 0.25) is 0 Å². The Morgan fingerprint density at radius 3 is 1.82 bits per heavy atom. The minimum atomic E-state index is 0.400. The Bertz CT molecular complexity index is 793. The molecule has 2 aromatic rings. The van der Waals surface area contributed by atoms with Gasteiger partial charge in [-0.05, 0) is 46.4 Å². The van der Waals surface area contributed by atoms with Crippen molar-refractivity contribution in [2.45, 2.75) is 72.6 Å². The zero-order valence-corrected chi connectivity index (χ0v) is 18.8. The molecule has 3 heteroatoms. The number of para-hydroxylation sites is 2. The molecule has 2 aromatic carbocycles. The van der Waals surface area contributed by atoms with Crippen LogP contribution in [-0.2, 0) is 11.2 Å². The van der Waals surface area contributed by atoms with Crippen molar-refractivity contribution in [3.63, 3.8) is 0 Å². The molecule has 0 unspecified atom stereocenters. The first-order chi connectivity index (χ1) is 13.3. The second-order valence-electron chi connectivity index (χ2n) is 8.23. The third-order valence-corrected chi connectivity index (χ3v) is 5.17. The molecule has 1 N–H and O–H groups in total. The second kappa shape index (κ2) is 9.77. The molecule has 0 heterocycles. The van der Waals surface area contributed by atoms with Gasteiger partial charge in [-0.25, -0.2) is 0 Å². The van der Waals surface area contributed by atoms with Crippen LogP contribution >= 0.6 is 0 Å². The van der Waals surface area contributed by atoms with Crippen LogP contribution in [0.3, 0.4) is 0 Å². The van der Waals surface area contributed by atoms with Gasteiger partial charge in [-0.2, -0.15) is 4.99 Å². The first kappa shape index (κ1) is 22.0. The first-order valence-corrected chi connectivity index (χ1v) is 10.4. The molecule has 0 spiro atoms. The highest BCUT2D eigenvalue weighted by molar-refractivity contribution is 5.93. The summed E-state index contributed by atoms with van der Waals surface area (Å²) < 4.78 is 5.70. The van der Waals surface area contributed by atoms with E-state index in [9.17, 15) is 0 Å². The SMILES string of the molecule is CCc1cccc(C(C)C)c1N=C(Nc1c(C(C)C)cccc1C(C)C)OC. The van der Waals surface area contributed by atoms with Gasteiger partial charge in [-0.15, -0.1) is 0 Å². The number of hydrogen-bond acceptors (Lipinski definition) is 2. The van der Waals surface area contributed by atoms with Crippen molar-refractivity contribution in [2.75, 3.05) is 12.4 Å². The summed E-state index contributed by atoms with van der Waals surface area (Å²) in [6.45, 7) is 15.5. The number of nitrogens with one attached hydrogen (secondary N) is 1. The molecular formula is C25H36N2O. The molecule has 28 heavy (non-hydrogen) atoms. The Balaban J connectivity index is 2.58. The van der Waals surface area contributed by atoms with Gasteiger partial charge >= 0.3 is 0 Å². The standard InChI is InChI=1S/C25H36N2O/c1-9-19-12-10-13-20(16(2)3)23(19)26-25(28-8)27-24-21(17(4)5)14-11-15-22(24)18(6)7/h10-18H,9H2,1-8H3,(H,26,27). The zero-order valence-electron chi connectivity index (χ0n) is 18.8. The Hall–Kier alpha value is -2.29. The van der Waals surface area contributed by atoms with Crippen LogP contribution < -0.4 is 5.32 Å².